The SMILES string of the molecule is CCC(Br)Oc1ccc(Sc2ccccc2)cc1. The Morgan fingerprint density at radius 2 is 1.61 bits per heavy atom. The molecule has 1 unspecified atom stereocenters. The van der Waals surface area contributed by atoms with Crippen LogP contribution in [0.1, 0.15) is 13.3 Å². The maximum absolute atomic E-state index is 5.68. The summed E-state index contributed by atoms with van der Waals surface area (Å²) in [6, 6.07) is 18.5. The largest absolute Gasteiger partial charge is 0.479 e. The highest BCUT2D eigenvalue weighted by atomic mass is 79.9. The molecule has 0 heterocycles. The van der Waals surface area contributed by atoms with Crippen LogP contribution in [0.25, 0.3) is 0 Å². The minimum Gasteiger partial charge on any atom is -0.479 e. The van der Waals surface area contributed by atoms with Crippen molar-refractivity contribution in [1.82, 2.24) is 0 Å². The van der Waals surface area contributed by atoms with Gasteiger partial charge < -0.3 is 4.74 Å². The average Bonchev–Trinajstić information content (AvgIpc) is 2.42. The Morgan fingerprint density at radius 1 is 1.00 bits per heavy atom. The molecule has 0 aliphatic carbocycles. The first-order valence-electron chi connectivity index (χ1n) is 5.91. The molecule has 2 aromatic rings. The summed E-state index contributed by atoms with van der Waals surface area (Å²) in [5.74, 6) is 0.899. The van der Waals surface area contributed by atoms with Crippen LogP contribution in [0, 0.1) is 0 Å². The van der Waals surface area contributed by atoms with Gasteiger partial charge in [0.1, 0.15) is 5.75 Å². The molecule has 2 aromatic carbocycles. The highest BCUT2D eigenvalue weighted by molar-refractivity contribution is 9.09. The topological polar surface area (TPSA) is 9.23 Å². The smallest absolute Gasteiger partial charge is 0.153 e. The third-order valence-corrected chi connectivity index (χ3v) is 4.24. The standard InChI is InChI=1S/C15H15BrOS/c1-2-15(16)17-12-8-10-14(11-9-12)18-13-6-4-3-5-7-13/h3-11,15H,2H2,1H3. The van der Waals surface area contributed by atoms with E-state index < -0.39 is 0 Å². The lowest BCUT2D eigenvalue weighted by atomic mass is 10.3. The van der Waals surface area contributed by atoms with Crippen molar-refractivity contribution in [3.8, 4) is 5.75 Å². The summed E-state index contributed by atoms with van der Waals surface area (Å²) in [6.45, 7) is 2.08. The normalized spacial score (nSPS) is 12.1. The Labute approximate surface area is 121 Å². The number of halogens is 1. The van der Waals surface area contributed by atoms with Crippen molar-refractivity contribution >= 4 is 27.7 Å². The third kappa shape index (κ3) is 4.07. The van der Waals surface area contributed by atoms with E-state index >= 15 is 0 Å². The zero-order valence-corrected chi connectivity index (χ0v) is 12.6. The molecule has 1 atom stereocenters. The van der Waals surface area contributed by atoms with E-state index in [1.165, 1.54) is 9.79 Å². The molecule has 2 rings (SSSR count). The molecule has 0 saturated heterocycles. The molecule has 0 aromatic heterocycles. The second kappa shape index (κ2) is 6.86. The first-order valence-corrected chi connectivity index (χ1v) is 7.65. The molecule has 0 bridgehead atoms. The van der Waals surface area contributed by atoms with Crippen LogP contribution >= 0.6 is 27.7 Å². The number of rotatable bonds is 5. The molecule has 0 fully saturated rings. The van der Waals surface area contributed by atoms with Gasteiger partial charge in [0.05, 0.1) is 0 Å². The second-order valence-corrected chi connectivity index (χ2v) is 5.99. The molecule has 0 aliphatic heterocycles. The van der Waals surface area contributed by atoms with Crippen LogP contribution in [0.5, 0.6) is 5.75 Å². The van der Waals surface area contributed by atoms with Gasteiger partial charge in [0.25, 0.3) is 0 Å². The Kier molecular flexibility index (Phi) is 5.14. The minimum atomic E-state index is 0.0881. The molecular weight excluding hydrogens is 308 g/mol. The quantitative estimate of drug-likeness (QED) is 0.686. The fourth-order valence-corrected chi connectivity index (χ4v) is 2.50. The van der Waals surface area contributed by atoms with Gasteiger partial charge in [-0.2, -0.15) is 0 Å². The summed E-state index contributed by atoms with van der Waals surface area (Å²) >= 11 is 5.21. The molecule has 3 heteroatoms. The zero-order chi connectivity index (χ0) is 12.8. The molecule has 1 nitrogen and oxygen atoms in total. The Hall–Kier alpha value is -0.930. The fraction of sp³-hybridized carbons (Fsp3) is 0.200. The van der Waals surface area contributed by atoms with Gasteiger partial charge in [0, 0.05) is 9.79 Å². The van der Waals surface area contributed by atoms with Gasteiger partial charge in [-0.3, -0.25) is 0 Å². The maximum atomic E-state index is 5.68. The minimum absolute atomic E-state index is 0.0881. The van der Waals surface area contributed by atoms with E-state index in [2.05, 4.69) is 59.3 Å². The van der Waals surface area contributed by atoms with Crippen LogP contribution in [0.2, 0.25) is 0 Å². The van der Waals surface area contributed by atoms with Gasteiger partial charge in [0.2, 0.25) is 0 Å². The lowest BCUT2D eigenvalue weighted by Crippen LogP contribution is -2.05. The van der Waals surface area contributed by atoms with Crippen LogP contribution in [0.4, 0.5) is 0 Å². The van der Waals surface area contributed by atoms with E-state index in [1.807, 2.05) is 18.2 Å². The van der Waals surface area contributed by atoms with Crippen LogP contribution in [0.3, 0.4) is 0 Å². The van der Waals surface area contributed by atoms with E-state index in [0.717, 1.165) is 12.2 Å². The fourth-order valence-electron chi connectivity index (χ4n) is 1.44. The Bertz CT molecular complexity index is 470. The van der Waals surface area contributed by atoms with Gasteiger partial charge >= 0.3 is 0 Å². The van der Waals surface area contributed by atoms with Gasteiger partial charge in [-0.05, 0) is 58.7 Å². The number of hydrogen-bond donors (Lipinski definition) is 0. The predicted octanol–water partition coefficient (Wildman–Crippen LogP) is 5.35. The second-order valence-electron chi connectivity index (χ2n) is 3.82. The van der Waals surface area contributed by atoms with Crippen molar-refractivity contribution in [2.45, 2.75) is 28.1 Å². The van der Waals surface area contributed by atoms with Crippen LogP contribution in [-0.2, 0) is 0 Å². The predicted molar refractivity (Wildman–Crippen MR) is 80.6 cm³/mol. The van der Waals surface area contributed by atoms with E-state index in [1.54, 1.807) is 11.8 Å². The van der Waals surface area contributed by atoms with Gasteiger partial charge in [-0.1, -0.05) is 36.9 Å². The Balaban J connectivity index is 2.00. The maximum Gasteiger partial charge on any atom is 0.153 e. The third-order valence-electron chi connectivity index (χ3n) is 2.39. The van der Waals surface area contributed by atoms with Gasteiger partial charge in [-0.25, -0.2) is 0 Å². The molecule has 0 aliphatic rings. The highest BCUT2D eigenvalue weighted by Gasteiger charge is 2.03. The van der Waals surface area contributed by atoms with Crippen LogP contribution in [-0.4, -0.2) is 5.01 Å². The van der Waals surface area contributed by atoms with Crippen molar-refractivity contribution in [2.24, 2.45) is 0 Å². The summed E-state index contributed by atoms with van der Waals surface area (Å²) in [5, 5.41) is 0.0881. The summed E-state index contributed by atoms with van der Waals surface area (Å²) in [5.41, 5.74) is 0. The first-order chi connectivity index (χ1) is 8.78. The van der Waals surface area contributed by atoms with Gasteiger partial charge in [0.15, 0.2) is 5.01 Å². The molecule has 0 spiro atoms. The van der Waals surface area contributed by atoms with E-state index in [9.17, 15) is 0 Å². The molecule has 0 saturated carbocycles. The van der Waals surface area contributed by atoms with E-state index in [0.29, 0.717) is 0 Å². The molecular formula is C15H15BrOS. The lowest BCUT2D eigenvalue weighted by Gasteiger charge is -2.11. The van der Waals surface area contributed by atoms with E-state index in [-0.39, 0.29) is 5.01 Å². The summed E-state index contributed by atoms with van der Waals surface area (Å²) in [6.07, 6.45) is 0.945. The molecule has 0 radical (unpaired) electrons. The first kappa shape index (κ1) is 13.5. The summed E-state index contributed by atoms with van der Waals surface area (Å²) in [4.78, 5) is 2.47. The van der Waals surface area contributed by atoms with Crippen molar-refractivity contribution in [3.05, 3.63) is 54.6 Å². The van der Waals surface area contributed by atoms with Crippen molar-refractivity contribution in [1.29, 1.82) is 0 Å². The highest BCUT2D eigenvalue weighted by Crippen LogP contribution is 2.29. The molecule has 0 N–H and O–H groups in total. The van der Waals surface area contributed by atoms with Crippen molar-refractivity contribution in [3.63, 3.8) is 0 Å². The van der Waals surface area contributed by atoms with Crippen LogP contribution in [0.15, 0.2) is 64.4 Å². The van der Waals surface area contributed by atoms with Crippen molar-refractivity contribution in [2.75, 3.05) is 0 Å². The lowest BCUT2D eigenvalue weighted by molar-refractivity contribution is 0.290. The summed E-state index contributed by atoms with van der Waals surface area (Å²) < 4.78 is 5.68. The molecule has 18 heavy (non-hydrogen) atoms. The average molecular weight is 323 g/mol. The number of alkyl halides is 1. The van der Waals surface area contributed by atoms with E-state index in [4.69, 9.17) is 4.74 Å². The Morgan fingerprint density at radius 3 is 2.22 bits per heavy atom. The van der Waals surface area contributed by atoms with Crippen LogP contribution < -0.4 is 4.74 Å². The van der Waals surface area contributed by atoms with Gasteiger partial charge in [-0.15, -0.1) is 0 Å². The van der Waals surface area contributed by atoms with Crippen molar-refractivity contribution < 1.29 is 4.74 Å². The molecule has 94 valence electrons. The number of hydrogen-bond acceptors (Lipinski definition) is 2. The monoisotopic (exact) mass is 322 g/mol. The summed E-state index contributed by atoms with van der Waals surface area (Å²) in [7, 11) is 0. The zero-order valence-electron chi connectivity index (χ0n) is 10.2. The number of ether oxygens (including phenoxy) is 1. The number of benzene rings is 2. The molecule has 0 amide bonds.